The van der Waals surface area contributed by atoms with Crippen molar-refractivity contribution in [3.8, 4) is 5.75 Å². The van der Waals surface area contributed by atoms with Gasteiger partial charge in [0.2, 0.25) is 17.7 Å². The van der Waals surface area contributed by atoms with E-state index in [4.69, 9.17) is 5.73 Å². The normalized spacial score (nSPS) is 14.4. The van der Waals surface area contributed by atoms with Crippen molar-refractivity contribution in [2.75, 3.05) is 0 Å². The van der Waals surface area contributed by atoms with Gasteiger partial charge in [-0.1, -0.05) is 26.0 Å². The number of carboxylic acid groups (broad SMARTS) is 1. The van der Waals surface area contributed by atoms with E-state index in [1.54, 1.807) is 26.0 Å². The molecule has 0 radical (unpaired) electrons. The van der Waals surface area contributed by atoms with Crippen LogP contribution in [0.15, 0.2) is 36.8 Å². The van der Waals surface area contributed by atoms with Crippen molar-refractivity contribution in [3.05, 3.63) is 48.0 Å². The highest BCUT2D eigenvalue weighted by molar-refractivity contribution is 5.94. The third kappa shape index (κ3) is 8.41. The van der Waals surface area contributed by atoms with Crippen LogP contribution in [-0.2, 0) is 32.0 Å². The molecular weight excluding hydrogens is 456 g/mol. The van der Waals surface area contributed by atoms with E-state index in [-0.39, 0.29) is 24.5 Å². The number of aromatic hydroxyl groups is 1. The first-order valence-electron chi connectivity index (χ1n) is 11.1. The van der Waals surface area contributed by atoms with Crippen LogP contribution in [0, 0.1) is 5.92 Å². The number of hydrogen-bond donors (Lipinski definition) is 7. The summed E-state index contributed by atoms with van der Waals surface area (Å²) in [6, 6.07) is 2.02. The monoisotopic (exact) mass is 488 g/mol. The Hall–Kier alpha value is -3.93. The lowest BCUT2D eigenvalue weighted by atomic mass is 10.0. The lowest BCUT2D eigenvalue weighted by Crippen LogP contribution is -2.57. The Bertz CT molecular complexity index is 1010. The van der Waals surface area contributed by atoms with Gasteiger partial charge in [-0.15, -0.1) is 0 Å². The maximum Gasteiger partial charge on any atom is 0.326 e. The van der Waals surface area contributed by atoms with Crippen molar-refractivity contribution in [3.63, 3.8) is 0 Å². The average molecular weight is 489 g/mol. The third-order valence-corrected chi connectivity index (χ3v) is 5.32. The van der Waals surface area contributed by atoms with Gasteiger partial charge in [0.05, 0.1) is 12.4 Å². The van der Waals surface area contributed by atoms with E-state index < -0.39 is 47.9 Å². The quantitative estimate of drug-likeness (QED) is 0.206. The predicted molar refractivity (Wildman–Crippen MR) is 126 cm³/mol. The fourth-order valence-electron chi connectivity index (χ4n) is 3.25. The Morgan fingerprint density at radius 2 is 1.63 bits per heavy atom. The molecule has 190 valence electrons. The smallest absolute Gasteiger partial charge is 0.326 e. The minimum absolute atomic E-state index is 0.0571. The molecule has 12 nitrogen and oxygen atoms in total. The SMILES string of the molecule is CC(NC(=O)C(Cc1cnc[nH]1)NC(=O)C(N)Cc1ccc(O)cc1)C(=O)NC(C(=O)O)C(C)C. The van der Waals surface area contributed by atoms with Crippen molar-refractivity contribution >= 4 is 23.7 Å². The highest BCUT2D eigenvalue weighted by Gasteiger charge is 2.29. The van der Waals surface area contributed by atoms with E-state index in [0.717, 1.165) is 5.56 Å². The lowest BCUT2D eigenvalue weighted by Gasteiger charge is -2.24. The molecular formula is C23H32N6O6. The number of nitrogens with zero attached hydrogens (tertiary/aromatic N) is 1. The first-order chi connectivity index (χ1) is 16.5. The fraction of sp³-hybridized carbons (Fsp3) is 0.435. The number of aromatic nitrogens is 2. The number of nitrogens with two attached hydrogens (primary N) is 1. The molecule has 0 saturated carbocycles. The number of hydrogen-bond acceptors (Lipinski definition) is 7. The second-order valence-electron chi connectivity index (χ2n) is 8.62. The van der Waals surface area contributed by atoms with Crippen LogP contribution >= 0.6 is 0 Å². The summed E-state index contributed by atoms with van der Waals surface area (Å²) in [5, 5.41) is 26.2. The molecule has 1 heterocycles. The van der Waals surface area contributed by atoms with E-state index in [1.807, 2.05) is 0 Å². The minimum Gasteiger partial charge on any atom is -0.508 e. The van der Waals surface area contributed by atoms with Crippen molar-refractivity contribution in [2.24, 2.45) is 11.7 Å². The van der Waals surface area contributed by atoms with Gasteiger partial charge in [-0.25, -0.2) is 9.78 Å². The summed E-state index contributed by atoms with van der Waals surface area (Å²) in [6.45, 7) is 4.72. The zero-order valence-corrected chi connectivity index (χ0v) is 19.8. The summed E-state index contributed by atoms with van der Waals surface area (Å²) >= 11 is 0. The molecule has 12 heteroatoms. The van der Waals surface area contributed by atoms with Crippen LogP contribution in [0.2, 0.25) is 0 Å². The summed E-state index contributed by atoms with van der Waals surface area (Å²) in [4.78, 5) is 56.3. The highest BCUT2D eigenvalue weighted by atomic mass is 16.4. The first kappa shape index (κ1) is 27.3. The van der Waals surface area contributed by atoms with Crippen molar-refractivity contribution < 1.29 is 29.4 Å². The number of phenols is 1. The summed E-state index contributed by atoms with van der Waals surface area (Å²) < 4.78 is 0. The maximum absolute atomic E-state index is 13.0. The van der Waals surface area contributed by atoms with Crippen LogP contribution in [0.1, 0.15) is 32.0 Å². The Kier molecular flexibility index (Phi) is 9.76. The molecule has 35 heavy (non-hydrogen) atoms. The standard InChI is InChI=1S/C23H32N6O6/c1-12(2)19(23(34)35)29-20(31)13(3)27-22(33)18(9-15-10-25-11-26-15)28-21(32)17(24)8-14-4-6-16(30)7-5-14/h4-7,10-13,17-19,30H,8-9,24H2,1-3H3,(H,25,26)(H,27,33)(H,28,32)(H,29,31)(H,34,35). The molecule has 1 aromatic heterocycles. The number of nitrogens with one attached hydrogen (secondary N) is 4. The Balaban J connectivity index is 2.06. The number of carbonyl (C=O) groups excluding carboxylic acids is 3. The molecule has 0 spiro atoms. The van der Waals surface area contributed by atoms with Crippen molar-refractivity contribution in [1.82, 2.24) is 25.9 Å². The van der Waals surface area contributed by atoms with Crippen LogP contribution in [0.3, 0.4) is 0 Å². The van der Waals surface area contributed by atoms with Gasteiger partial charge < -0.3 is 36.9 Å². The number of carbonyl (C=O) groups is 4. The van der Waals surface area contributed by atoms with Gasteiger partial charge >= 0.3 is 5.97 Å². The van der Waals surface area contributed by atoms with Gasteiger partial charge in [-0.3, -0.25) is 14.4 Å². The molecule has 0 bridgehead atoms. The molecule has 0 saturated heterocycles. The summed E-state index contributed by atoms with van der Waals surface area (Å²) in [7, 11) is 0. The first-order valence-corrected chi connectivity index (χ1v) is 11.1. The van der Waals surface area contributed by atoms with E-state index >= 15 is 0 Å². The van der Waals surface area contributed by atoms with Crippen molar-refractivity contribution in [1.29, 1.82) is 0 Å². The van der Waals surface area contributed by atoms with E-state index in [1.165, 1.54) is 31.6 Å². The van der Waals surface area contributed by atoms with Gasteiger partial charge in [0, 0.05) is 18.3 Å². The second-order valence-corrected chi connectivity index (χ2v) is 8.62. The molecule has 0 aliphatic heterocycles. The topological polar surface area (TPSA) is 200 Å². The number of aromatic amines is 1. The summed E-state index contributed by atoms with van der Waals surface area (Å²) in [5.41, 5.74) is 7.32. The Morgan fingerprint density at radius 3 is 2.17 bits per heavy atom. The molecule has 1 aromatic carbocycles. The number of imidazole rings is 1. The number of carboxylic acids is 1. The summed E-state index contributed by atoms with van der Waals surface area (Å²) in [5.74, 6) is -3.36. The molecule has 8 N–H and O–H groups in total. The zero-order valence-electron chi connectivity index (χ0n) is 19.8. The van der Waals surface area contributed by atoms with Gasteiger partial charge in [-0.05, 0) is 37.0 Å². The fourth-order valence-corrected chi connectivity index (χ4v) is 3.25. The average Bonchev–Trinajstić information content (AvgIpc) is 3.30. The second kappa shape index (κ2) is 12.5. The summed E-state index contributed by atoms with van der Waals surface area (Å²) in [6.07, 6.45) is 3.16. The number of amides is 3. The number of phenolic OH excluding ortho intramolecular Hbond substituents is 1. The molecule has 0 aliphatic carbocycles. The number of H-pyrrole nitrogens is 1. The number of rotatable bonds is 12. The molecule has 0 fully saturated rings. The molecule has 4 atom stereocenters. The van der Waals surface area contributed by atoms with E-state index in [9.17, 15) is 29.4 Å². The number of benzene rings is 1. The number of aliphatic carboxylic acids is 1. The van der Waals surface area contributed by atoms with Crippen LogP contribution in [0.25, 0.3) is 0 Å². The van der Waals surface area contributed by atoms with Gasteiger partial charge in [-0.2, -0.15) is 0 Å². The molecule has 3 amide bonds. The largest absolute Gasteiger partial charge is 0.508 e. The molecule has 2 aromatic rings. The molecule has 0 aliphatic rings. The van der Waals surface area contributed by atoms with Gasteiger partial charge in [0.25, 0.3) is 0 Å². The Morgan fingerprint density at radius 1 is 0.971 bits per heavy atom. The lowest BCUT2D eigenvalue weighted by molar-refractivity contribution is -0.143. The van der Waals surface area contributed by atoms with Crippen LogP contribution < -0.4 is 21.7 Å². The minimum atomic E-state index is -1.18. The van der Waals surface area contributed by atoms with E-state index in [2.05, 4.69) is 25.9 Å². The van der Waals surface area contributed by atoms with Gasteiger partial charge in [0.1, 0.15) is 23.9 Å². The van der Waals surface area contributed by atoms with Crippen LogP contribution in [-0.4, -0.2) is 68.0 Å². The maximum atomic E-state index is 13.0. The van der Waals surface area contributed by atoms with Crippen molar-refractivity contribution in [2.45, 2.75) is 57.8 Å². The van der Waals surface area contributed by atoms with E-state index in [0.29, 0.717) is 5.69 Å². The third-order valence-electron chi connectivity index (χ3n) is 5.32. The van der Waals surface area contributed by atoms with Crippen LogP contribution in [0.5, 0.6) is 5.75 Å². The Labute approximate surface area is 202 Å². The predicted octanol–water partition coefficient (Wildman–Crippen LogP) is -0.557. The molecule has 4 unspecified atom stereocenters. The van der Waals surface area contributed by atoms with Gasteiger partial charge in [0.15, 0.2) is 0 Å². The zero-order chi connectivity index (χ0) is 26.1. The highest BCUT2D eigenvalue weighted by Crippen LogP contribution is 2.11. The molecule has 2 rings (SSSR count). The van der Waals surface area contributed by atoms with Crippen LogP contribution in [0.4, 0.5) is 0 Å².